The Morgan fingerprint density at radius 3 is 1.95 bits per heavy atom. The molecule has 0 aliphatic carbocycles. The average molecular weight is 387 g/mol. The lowest BCUT2D eigenvalue weighted by molar-refractivity contribution is -0.335. The summed E-state index contributed by atoms with van der Waals surface area (Å²) in [7, 11) is 0. The van der Waals surface area contributed by atoms with Crippen molar-refractivity contribution in [3.8, 4) is 0 Å². The molecule has 1 nitrogen and oxygen atoms in total. The summed E-state index contributed by atoms with van der Waals surface area (Å²) in [5, 5.41) is 11.6. The van der Waals surface area contributed by atoms with Crippen LogP contribution in [0.2, 0.25) is 0 Å². The van der Waals surface area contributed by atoms with Crippen molar-refractivity contribution in [2.24, 2.45) is 0 Å². The molecule has 0 bridgehead atoms. The lowest BCUT2D eigenvalue weighted by Gasteiger charge is -2.36. The molecule has 1 N–H and O–H groups in total. The Kier molecular flexibility index (Phi) is 4.16. The zero-order valence-corrected chi connectivity index (χ0v) is 12.6. The van der Waals surface area contributed by atoms with Crippen LogP contribution in [-0.2, 0) is 5.60 Å². The number of thiophene rings is 1. The van der Waals surface area contributed by atoms with Crippen molar-refractivity contribution in [2.45, 2.75) is 17.7 Å². The van der Waals surface area contributed by atoms with Gasteiger partial charge in [-0.25, -0.2) is 0 Å². The molecule has 1 unspecified atom stereocenters. The summed E-state index contributed by atoms with van der Waals surface area (Å²) in [6.45, 7) is 0. The van der Waals surface area contributed by atoms with Gasteiger partial charge in [0.15, 0.2) is 5.60 Å². The Hall–Kier alpha value is -0.990. The monoisotopic (exact) mass is 386 g/mol. The molecule has 1 atom stereocenters. The van der Waals surface area contributed by atoms with Gasteiger partial charge in [0.25, 0.3) is 0 Å². The summed E-state index contributed by atoms with van der Waals surface area (Å²) in [4.78, 5) is -0.479. The smallest absolute Gasteiger partial charge is 0.374 e. The first-order chi connectivity index (χ1) is 9.60. The maximum atomic E-state index is 13.9. The molecular weight excluding hydrogens is 379 g/mol. The zero-order valence-electron chi connectivity index (χ0n) is 10.2. The van der Waals surface area contributed by atoms with E-state index in [2.05, 4.69) is 15.9 Å². The first-order valence-corrected chi connectivity index (χ1v) is 7.25. The van der Waals surface area contributed by atoms with Crippen LogP contribution in [0.25, 0.3) is 0 Å². The highest BCUT2D eigenvalue weighted by Crippen LogP contribution is 2.52. The van der Waals surface area contributed by atoms with E-state index in [1.54, 1.807) is 0 Å². The lowest BCUT2D eigenvalue weighted by Crippen LogP contribution is -2.55. The van der Waals surface area contributed by atoms with E-state index in [-0.39, 0.29) is 0 Å². The highest BCUT2D eigenvalue weighted by Gasteiger charge is 2.71. The van der Waals surface area contributed by atoms with Gasteiger partial charge in [0.2, 0.25) is 0 Å². The van der Waals surface area contributed by atoms with Crippen molar-refractivity contribution in [3.63, 3.8) is 0 Å². The molecule has 0 aliphatic rings. The minimum absolute atomic E-state index is 0.479. The number of benzene rings is 1. The number of hydrogen-bond donors (Lipinski definition) is 1. The van der Waals surface area contributed by atoms with Gasteiger partial charge >= 0.3 is 12.1 Å². The van der Waals surface area contributed by atoms with Gasteiger partial charge in [-0.1, -0.05) is 34.1 Å². The fourth-order valence-electron chi connectivity index (χ4n) is 1.86. The fourth-order valence-corrected chi connectivity index (χ4v) is 3.00. The quantitative estimate of drug-likeness (QED) is 0.740. The number of hydrogen-bond acceptors (Lipinski definition) is 2. The first kappa shape index (κ1) is 16.4. The summed E-state index contributed by atoms with van der Waals surface area (Å²) in [6, 6.07) is 7.00. The Labute approximate surface area is 129 Å². The molecule has 0 aliphatic heterocycles. The molecule has 114 valence electrons. The topological polar surface area (TPSA) is 20.2 Å². The van der Waals surface area contributed by atoms with Crippen LogP contribution in [0, 0.1) is 0 Å². The van der Waals surface area contributed by atoms with E-state index in [0.29, 0.717) is 15.8 Å². The van der Waals surface area contributed by atoms with Gasteiger partial charge in [-0.15, -0.1) is 11.3 Å². The Morgan fingerprint density at radius 1 is 0.952 bits per heavy atom. The molecule has 1 heterocycles. The van der Waals surface area contributed by atoms with Crippen molar-refractivity contribution in [3.05, 3.63) is 56.7 Å². The molecule has 2 rings (SSSR count). The van der Waals surface area contributed by atoms with E-state index in [4.69, 9.17) is 0 Å². The Balaban J connectivity index is 2.69. The van der Waals surface area contributed by atoms with E-state index < -0.39 is 28.1 Å². The van der Waals surface area contributed by atoms with Crippen LogP contribution in [0.4, 0.5) is 22.0 Å². The molecule has 1 aromatic heterocycles. The fraction of sp³-hybridized carbons (Fsp3) is 0.231. The lowest BCUT2D eigenvalue weighted by atomic mass is 9.85. The van der Waals surface area contributed by atoms with Crippen LogP contribution in [0.5, 0.6) is 0 Å². The van der Waals surface area contributed by atoms with Crippen molar-refractivity contribution >= 4 is 27.3 Å². The predicted octanol–water partition coefficient (Wildman–Crippen LogP) is 4.94. The van der Waals surface area contributed by atoms with E-state index in [1.807, 2.05) is 0 Å². The van der Waals surface area contributed by atoms with Gasteiger partial charge in [-0.3, -0.25) is 0 Å². The van der Waals surface area contributed by atoms with Gasteiger partial charge in [0.1, 0.15) is 0 Å². The predicted molar refractivity (Wildman–Crippen MR) is 72.5 cm³/mol. The second kappa shape index (κ2) is 5.33. The van der Waals surface area contributed by atoms with Crippen molar-refractivity contribution in [2.75, 3.05) is 0 Å². The second-order valence-corrected chi connectivity index (χ2v) is 6.13. The number of halogens is 6. The molecule has 1 aromatic carbocycles. The van der Waals surface area contributed by atoms with E-state index in [9.17, 15) is 27.1 Å². The third-order valence-electron chi connectivity index (χ3n) is 2.95. The van der Waals surface area contributed by atoms with Gasteiger partial charge in [-0.05, 0) is 29.1 Å². The van der Waals surface area contributed by atoms with Crippen LogP contribution < -0.4 is 0 Å². The zero-order chi connectivity index (χ0) is 15.9. The maximum Gasteiger partial charge on any atom is 0.457 e. The third kappa shape index (κ3) is 2.60. The van der Waals surface area contributed by atoms with E-state index in [1.165, 1.54) is 23.6 Å². The van der Waals surface area contributed by atoms with E-state index >= 15 is 0 Å². The molecule has 0 spiro atoms. The average Bonchev–Trinajstić information content (AvgIpc) is 2.91. The van der Waals surface area contributed by atoms with Gasteiger partial charge in [0.05, 0.1) is 0 Å². The highest BCUT2D eigenvalue weighted by atomic mass is 79.9. The molecule has 0 radical (unpaired) electrons. The van der Waals surface area contributed by atoms with Crippen molar-refractivity contribution in [1.82, 2.24) is 0 Å². The molecule has 0 saturated heterocycles. The second-order valence-electron chi connectivity index (χ2n) is 4.27. The minimum atomic E-state index is -5.89. The van der Waals surface area contributed by atoms with Crippen molar-refractivity contribution < 1.29 is 27.1 Å². The summed E-state index contributed by atoms with van der Waals surface area (Å²) in [5.74, 6) is -5.33. The number of alkyl halides is 5. The molecule has 0 fully saturated rings. The normalized spacial score (nSPS) is 15.8. The summed E-state index contributed by atoms with van der Waals surface area (Å²) in [6.07, 6.45) is -5.89. The summed E-state index contributed by atoms with van der Waals surface area (Å²) < 4.78 is 66.7. The number of aliphatic hydroxyl groups is 1. The van der Waals surface area contributed by atoms with Gasteiger partial charge < -0.3 is 5.11 Å². The van der Waals surface area contributed by atoms with Gasteiger partial charge in [-0.2, -0.15) is 22.0 Å². The Bertz CT molecular complexity index is 608. The molecule has 0 amide bonds. The van der Waals surface area contributed by atoms with Crippen LogP contribution in [0.3, 0.4) is 0 Å². The van der Waals surface area contributed by atoms with E-state index in [0.717, 1.165) is 18.2 Å². The largest absolute Gasteiger partial charge is 0.457 e. The van der Waals surface area contributed by atoms with Gasteiger partial charge in [0, 0.05) is 9.35 Å². The molecule has 21 heavy (non-hydrogen) atoms. The standard InChI is InChI=1S/C13H8BrF5OS/c14-9-5-3-8(4-6-9)11(20,10-2-1-7-21-10)12(15,16)13(17,18)19/h1-7,20H. The maximum absolute atomic E-state index is 13.9. The molecular formula is C13H8BrF5OS. The van der Waals surface area contributed by atoms with Crippen LogP contribution in [0.15, 0.2) is 46.3 Å². The van der Waals surface area contributed by atoms with Crippen molar-refractivity contribution in [1.29, 1.82) is 0 Å². The highest BCUT2D eigenvalue weighted by molar-refractivity contribution is 9.10. The summed E-state index contributed by atoms with van der Waals surface area (Å²) >= 11 is 3.69. The van der Waals surface area contributed by atoms with Crippen LogP contribution >= 0.6 is 27.3 Å². The summed E-state index contributed by atoms with van der Waals surface area (Å²) in [5.41, 5.74) is -4.00. The van der Waals surface area contributed by atoms with Crippen LogP contribution in [0.1, 0.15) is 10.4 Å². The van der Waals surface area contributed by atoms with Crippen LogP contribution in [-0.4, -0.2) is 17.2 Å². The SMILES string of the molecule is OC(c1ccc(Br)cc1)(c1cccs1)C(F)(F)C(F)(F)F. The Morgan fingerprint density at radius 2 is 1.52 bits per heavy atom. The molecule has 0 saturated carbocycles. The molecule has 8 heteroatoms. The first-order valence-electron chi connectivity index (χ1n) is 5.57. The minimum Gasteiger partial charge on any atom is -0.374 e. The molecule has 2 aromatic rings. The number of rotatable bonds is 3. The third-order valence-corrected chi connectivity index (χ3v) is 4.46.